The number of carbonyl (C=O) groups is 3. The number of Topliss-reactive ketones (excluding diaryl/α,β-unsaturated/α-hetero) is 1. The van der Waals surface area contributed by atoms with E-state index in [0.717, 1.165) is 37.1 Å². The summed E-state index contributed by atoms with van der Waals surface area (Å²) in [7, 11) is 0. The summed E-state index contributed by atoms with van der Waals surface area (Å²) in [4.78, 5) is 42.3. The molecule has 0 spiro atoms. The molecule has 34 heavy (non-hydrogen) atoms. The van der Waals surface area contributed by atoms with E-state index in [-0.39, 0.29) is 24.3 Å². The molecule has 1 heterocycles. The Morgan fingerprint density at radius 1 is 1.09 bits per heavy atom. The number of ether oxygens (including phenoxy) is 1. The average Bonchev–Trinajstić information content (AvgIpc) is 2.83. The van der Waals surface area contributed by atoms with Crippen molar-refractivity contribution in [1.82, 2.24) is 15.1 Å². The highest BCUT2D eigenvalue weighted by atomic mass is 16.5. The van der Waals surface area contributed by atoms with Crippen LogP contribution in [0.4, 0.5) is 4.79 Å². The Morgan fingerprint density at radius 3 is 2.24 bits per heavy atom. The van der Waals surface area contributed by atoms with E-state index in [1.54, 1.807) is 0 Å². The van der Waals surface area contributed by atoms with Gasteiger partial charge < -0.3 is 15.0 Å². The zero-order chi connectivity index (χ0) is 25.3. The highest BCUT2D eigenvalue weighted by Crippen LogP contribution is 2.46. The first-order chi connectivity index (χ1) is 16.3. The maximum absolute atomic E-state index is 13.3. The number of rotatable bonds is 14. The third kappa shape index (κ3) is 6.25. The summed E-state index contributed by atoms with van der Waals surface area (Å²) in [5.41, 5.74) is 1.40. The Kier molecular flexibility index (Phi) is 10.7. The number of imide groups is 1. The Labute approximate surface area is 205 Å². The van der Waals surface area contributed by atoms with Crippen LogP contribution >= 0.6 is 0 Å². The minimum atomic E-state index is -0.763. The van der Waals surface area contributed by atoms with Gasteiger partial charge in [-0.2, -0.15) is 0 Å². The van der Waals surface area contributed by atoms with Crippen molar-refractivity contribution in [3.63, 3.8) is 0 Å². The second-order valence-electron chi connectivity index (χ2n) is 9.22. The number of hydrogen-bond acceptors (Lipinski definition) is 5. The zero-order valence-corrected chi connectivity index (χ0v) is 21.9. The van der Waals surface area contributed by atoms with Crippen molar-refractivity contribution in [1.29, 1.82) is 0 Å². The molecule has 0 aromatic heterocycles. The molecule has 0 radical (unpaired) electrons. The van der Waals surface area contributed by atoms with E-state index in [1.165, 1.54) is 4.90 Å². The molecule has 1 saturated heterocycles. The van der Waals surface area contributed by atoms with Gasteiger partial charge in [0.2, 0.25) is 5.91 Å². The van der Waals surface area contributed by atoms with Gasteiger partial charge in [-0.1, -0.05) is 70.9 Å². The molecule has 1 fully saturated rings. The number of hydrogen-bond donors (Lipinski definition) is 1. The molecule has 0 saturated carbocycles. The standard InChI is InChI=1S/C27H43N3O4/c1-7-12-23(21-15-13-20(6)14-16-21)28-26(33)30-24(32)27(8-2,9-3)25(30)34-19-22(31)17-18-29(10-4)11-5/h13-16,23,25H,7-12,17-19H2,1-6H3,(H,28,33)/t23-,25+/m1/s1. The number of carbonyl (C=O) groups excluding carboxylic acids is 3. The van der Waals surface area contributed by atoms with Crippen molar-refractivity contribution < 1.29 is 19.1 Å². The Morgan fingerprint density at radius 2 is 1.71 bits per heavy atom. The average molecular weight is 474 g/mol. The predicted molar refractivity (Wildman–Crippen MR) is 134 cm³/mol. The fourth-order valence-electron chi connectivity index (χ4n) is 4.66. The summed E-state index contributed by atoms with van der Waals surface area (Å²) in [6.07, 6.45) is 2.43. The maximum Gasteiger partial charge on any atom is 0.326 e. The minimum absolute atomic E-state index is 0.0174. The van der Waals surface area contributed by atoms with Crippen molar-refractivity contribution in [2.75, 3.05) is 26.2 Å². The lowest BCUT2D eigenvalue weighted by Gasteiger charge is -2.53. The highest BCUT2D eigenvalue weighted by Gasteiger charge is 2.62. The normalized spacial score (nSPS) is 18.0. The van der Waals surface area contributed by atoms with E-state index in [0.29, 0.717) is 25.8 Å². The number of β-lactam (4-membered cyclic amide) rings is 1. The Bertz CT molecular complexity index is 816. The maximum atomic E-state index is 13.3. The number of nitrogens with zero attached hydrogens (tertiary/aromatic N) is 2. The van der Waals surface area contributed by atoms with Crippen molar-refractivity contribution in [3.05, 3.63) is 35.4 Å². The van der Waals surface area contributed by atoms with Crippen LogP contribution in [-0.4, -0.2) is 60.0 Å². The van der Waals surface area contributed by atoms with Crippen LogP contribution in [0.25, 0.3) is 0 Å². The van der Waals surface area contributed by atoms with E-state index in [9.17, 15) is 14.4 Å². The van der Waals surface area contributed by atoms with Crippen LogP contribution in [0.15, 0.2) is 24.3 Å². The molecule has 7 nitrogen and oxygen atoms in total. The van der Waals surface area contributed by atoms with Gasteiger partial charge >= 0.3 is 6.03 Å². The molecule has 1 aliphatic heterocycles. The van der Waals surface area contributed by atoms with Crippen LogP contribution in [0.5, 0.6) is 0 Å². The minimum Gasteiger partial charge on any atom is -0.349 e. The lowest BCUT2D eigenvalue weighted by molar-refractivity contribution is -0.210. The number of amides is 3. The lowest BCUT2D eigenvalue weighted by atomic mass is 9.72. The molecule has 7 heteroatoms. The number of nitrogens with one attached hydrogen (secondary N) is 1. The first-order valence-corrected chi connectivity index (χ1v) is 12.8. The molecular weight excluding hydrogens is 430 g/mol. The molecule has 1 aliphatic rings. The molecule has 1 aromatic carbocycles. The summed E-state index contributed by atoms with van der Waals surface area (Å²) in [6, 6.07) is 7.42. The fraction of sp³-hybridized carbons (Fsp3) is 0.667. The SMILES string of the molecule is CCC[C@@H](NC(=O)N1C(=O)C(CC)(CC)[C@@H]1OCC(=O)CCN(CC)CC)c1ccc(C)cc1. The van der Waals surface area contributed by atoms with Crippen molar-refractivity contribution in [2.24, 2.45) is 5.41 Å². The van der Waals surface area contributed by atoms with Crippen LogP contribution in [0, 0.1) is 12.3 Å². The monoisotopic (exact) mass is 473 g/mol. The van der Waals surface area contributed by atoms with Gasteiger partial charge in [0.05, 0.1) is 11.5 Å². The van der Waals surface area contributed by atoms with Gasteiger partial charge in [0.1, 0.15) is 6.61 Å². The van der Waals surface area contributed by atoms with Gasteiger partial charge in [0.15, 0.2) is 12.0 Å². The van der Waals surface area contributed by atoms with Crippen LogP contribution < -0.4 is 5.32 Å². The summed E-state index contributed by atoms with van der Waals surface area (Å²) >= 11 is 0. The molecule has 190 valence electrons. The van der Waals surface area contributed by atoms with Gasteiger partial charge in [0, 0.05) is 13.0 Å². The summed E-state index contributed by atoms with van der Waals surface area (Å²) in [5, 5.41) is 3.04. The van der Waals surface area contributed by atoms with E-state index < -0.39 is 17.7 Å². The molecule has 2 rings (SSSR count). The zero-order valence-electron chi connectivity index (χ0n) is 21.9. The van der Waals surface area contributed by atoms with Crippen molar-refractivity contribution >= 4 is 17.7 Å². The fourth-order valence-corrected chi connectivity index (χ4v) is 4.66. The van der Waals surface area contributed by atoms with Crippen LogP contribution in [-0.2, 0) is 14.3 Å². The number of ketones is 1. The molecule has 0 aliphatic carbocycles. The van der Waals surface area contributed by atoms with E-state index in [2.05, 4.69) is 31.0 Å². The molecular formula is C27H43N3O4. The molecule has 0 bridgehead atoms. The summed E-state index contributed by atoms with van der Waals surface area (Å²) < 4.78 is 5.98. The number of likely N-dealkylation sites (tertiary alicyclic amines) is 1. The first kappa shape index (κ1) is 28.0. The first-order valence-electron chi connectivity index (χ1n) is 12.8. The Hall–Kier alpha value is -2.25. The second kappa shape index (κ2) is 13.0. The second-order valence-corrected chi connectivity index (χ2v) is 9.22. The summed E-state index contributed by atoms with van der Waals surface area (Å²) in [5.74, 6) is -0.244. The van der Waals surface area contributed by atoms with Crippen LogP contribution in [0.2, 0.25) is 0 Å². The highest BCUT2D eigenvalue weighted by molar-refractivity contribution is 6.03. The smallest absolute Gasteiger partial charge is 0.326 e. The van der Waals surface area contributed by atoms with Gasteiger partial charge in [0.25, 0.3) is 0 Å². The summed E-state index contributed by atoms with van der Waals surface area (Å²) in [6.45, 7) is 14.5. The van der Waals surface area contributed by atoms with Gasteiger partial charge in [-0.15, -0.1) is 0 Å². The third-order valence-electron chi connectivity index (χ3n) is 7.19. The van der Waals surface area contributed by atoms with Crippen molar-refractivity contribution in [2.45, 2.75) is 85.9 Å². The molecule has 1 N–H and O–H groups in total. The third-order valence-corrected chi connectivity index (χ3v) is 7.19. The number of urea groups is 1. The lowest BCUT2D eigenvalue weighted by Crippen LogP contribution is -2.72. The molecule has 0 unspecified atom stereocenters. The van der Waals surface area contributed by atoms with E-state index >= 15 is 0 Å². The Balaban J connectivity index is 2.11. The van der Waals surface area contributed by atoms with Crippen LogP contribution in [0.3, 0.4) is 0 Å². The number of benzene rings is 1. The molecule has 3 amide bonds. The topological polar surface area (TPSA) is 79.0 Å². The van der Waals surface area contributed by atoms with Gasteiger partial charge in [-0.25, -0.2) is 9.69 Å². The van der Waals surface area contributed by atoms with E-state index in [4.69, 9.17) is 4.74 Å². The number of aryl methyl sites for hydroxylation is 1. The van der Waals surface area contributed by atoms with Crippen LogP contribution in [0.1, 0.15) is 83.9 Å². The molecule has 1 aromatic rings. The molecule has 2 atom stereocenters. The van der Waals surface area contributed by atoms with E-state index in [1.807, 2.05) is 45.0 Å². The van der Waals surface area contributed by atoms with Gasteiger partial charge in [-0.05, 0) is 44.8 Å². The van der Waals surface area contributed by atoms with Crippen molar-refractivity contribution in [3.8, 4) is 0 Å². The quantitative estimate of drug-likeness (QED) is 0.391. The van der Waals surface area contributed by atoms with Gasteiger partial charge in [-0.3, -0.25) is 9.59 Å². The predicted octanol–water partition coefficient (Wildman–Crippen LogP) is 4.84. The largest absolute Gasteiger partial charge is 0.349 e.